The van der Waals surface area contributed by atoms with Crippen molar-refractivity contribution in [3.05, 3.63) is 80.0 Å². The van der Waals surface area contributed by atoms with Gasteiger partial charge in [-0.25, -0.2) is 0 Å². The summed E-state index contributed by atoms with van der Waals surface area (Å²) in [4.78, 5) is 7.09. The Labute approximate surface area is 223 Å². The van der Waals surface area contributed by atoms with Crippen LogP contribution in [0.3, 0.4) is 0 Å². The normalized spacial score (nSPS) is 12.6. The minimum absolute atomic E-state index is 1.01. The summed E-state index contributed by atoms with van der Waals surface area (Å²) in [5.74, 6) is 0. The number of H-pyrrole nitrogens is 2. The minimum atomic E-state index is -2.07. The van der Waals surface area contributed by atoms with Gasteiger partial charge in [-0.3, -0.25) is 0 Å². The molecular formula is C30H28Br2N2Si. The van der Waals surface area contributed by atoms with Crippen molar-refractivity contribution in [3.63, 3.8) is 0 Å². The zero-order valence-electron chi connectivity index (χ0n) is 20.9. The van der Waals surface area contributed by atoms with Crippen LogP contribution in [-0.2, 0) is 0 Å². The molecule has 0 saturated heterocycles. The average molecular weight is 604 g/mol. The van der Waals surface area contributed by atoms with E-state index in [1.54, 1.807) is 10.4 Å². The molecule has 0 aliphatic rings. The summed E-state index contributed by atoms with van der Waals surface area (Å²) < 4.78 is 2.01. The lowest BCUT2D eigenvalue weighted by atomic mass is 10.0. The van der Waals surface area contributed by atoms with Crippen LogP contribution in [0.5, 0.6) is 0 Å². The van der Waals surface area contributed by atoms with E-state index >= 15 is 0 Å². The summed E-state index contributed by atoms with van der Waals surface area (Å²) in [7, 11) is -2.07. The molecule has 0 aliphatic heterocycles. The van der Waals surface area contributed by atoms with Gasteiger partial charge in [0.05, 0.1) is 9.21 Å². The number of aryl methyl sites for hydroxylation is 4. The zero-order chi connectivity index (χ0) is 24.8. The van der Waals surface area contributed by atoms with Crippen molar-refractivity contribution in [3.8, 4) is 0 Å². The predicted octanol–water partition coefficient (Wildman–Crippen LogP) is 8.54. The van der Waals surface area contributed by atoms with E-state index in [1.165, 1.54) is 65.6 Å². The summed E-state index contributed by atoms with van der Waals surface area (Å²) in [5.41, 5.74) is 7.90. The van der Waals surface area contributed by atoms with Crippen molar-refractivity contribution in [2.45, 2.75) is 40.8 Å². The topological polar surface area (TPSA) is 31.6 Å². The maximum atomic E-state index is 3.63. The van der Waals surface area contributed by atoms with Crippen molar-refractivity contribution in [1.29, 1.82) is 0 Å². The molecule has 176 valence electrons. The predicted molar refractivity (Wildman–Crippen MR) is 163 cm³/mol. The maximum Gasteiger partial charge on any atom is 0.114 e. The molecular weight excluding hydrogens is 576 g/mol. The smallest absolute Gasteiger partial charge is 0.114 e. The van der Waals surface area contributed by atoms with Gasteiger partial charge >= 0.3 is 0 Å². The Balaban J connectivity index is 1.69. The number of rotatable bonds is 2. The molecule has 0 spiro atoms. The molecule has 6 rings (SSSR count). The molecule has 0 aliphatic carbocycles. The van der Waals surface area contributed by atoms with Crippen molar-refractivity contribution in [2.24, 2.45) is 0 Å². The van der Waals surface area contributed by atoms with E-state index in [4.69, 9.17) is 0 Å². The highest BCUT2D eigenvalue weighted by molar-refractivity contribution is 9.10. The third-order valence-electron chi connectivity index (χ3n) is 7.95. The summed E-state index contributed by atoms with van der Waals surface area (Å²) in [6.45, 7) is 14.2. The molecule has 35 heavy (non-hydrogen) atoms. The van der Waals surface area contributed by atoms with E-state index in [2.05, 4.69) is 131 Å². The molecule has 6 aromatic rings. The molecule has 2 aromatic heterocycles. The van der Waals surface area contributed by atoms with Gasteiger partial charge in [0.1, 0.15) is 8.07 Å². The van der Waals surface area contributed by atoms with Crippen LogP contribution < -0.4 is 10.4 Å². The highest BCUT2D eigenvalue weighted by Crippen LogP contribution is 2.34. The van der Waals surface area contributed by atoms with E-state index in [1.807, 2.05) is 0 Å². The minimum Gasteiger partial charge on any atom is -0.349 e. The first-order valence-corrected chi connectivity index (χ1v) is 16.6. The van der Waals surface area contributed by atoms with Crippen LogP contribution in [0.4, 0.5) is 0 Å². The number of pyridine rings is 2. The Morgan fingerprint density at radius 1 is 0.543 bits per heavy atom. The van der Waals surface area contributed by atoms with Crippen LogP contribution in [0, 0.1) is 27.7 Å². The van der Waals surface area contributed by atoms with Crippen molar-refractivity contribution >= 4 is 93.7 Å². The molecule has 2 heterocycles. The largest absolute Gasteiger partial charge is 0.349 e. The fraction of sp³-hybridized carbons (Fsp3) is 0.200. The Kier molecular flexibility index (Phi) is 5.16. The second-order valence-corrected chi connectivity index (χ2v) is 16.4. The second-order valence-electron chi connectivity index (χ2n) is 10.5. The number of fused-ring (bicyclic) bond motifs is 4. The monoisotopic (exact) mass is 602 g/mol. The Morgan fingerprint density at radius 2 is 0.943 bits per heavy atom. The number of benzene rings is 2. The lowest BCUT2D eigenvalue weighted by Crippen LogP contribution is -2.54. The van der Waals surface area contributed by atoms with E-state index < -0.39 is 8.07 Å². The molecule has 0 radical (unpaired) electrons. The number of aromatic nitrogens is 2. The van der Waals surface area contributed by atoms with E-state index in [0.717, 1.165) is 9.21 Å². The maximum absolute atomic E-state index is 3.63. The van der Waals surface area contributed by atoms with Crippen LogP contribution in [0.2, 0.25) is 13.1 Å². The number of hydrogen-bond acceptors (Lipinski definition) is 0. The van der Waals surface area contributed by atoms with Gasteiger partial charge in [0.25, 0.3) is 0 Å². The third-order valence-corrected chi connectivity index (χ3v) is 12.7. The zero-order valence-corrected chi connectivity index (χ0v) is 25.0. The Bertz CT molecular complexity index is 1710. The SMILES string of the molecule is Cc1cc2c(C)c3ccc(Br)[nH]c3cc2c1[Si](C)(C)c1c(C)cc2c(C)c3ccc(Br)[nH]c3cc12. The molecule has 0 unspecified atom stereocenters. The molecule has 0 amide bonds. The Morgan fingerprint density at radius 3 is 1.34 bits per heavy atom. The lowest BCUT2D eigenvalue weighted by Gasteiger charge is -2.26. The average Bonchev–Trinajstić information content (AvgIpc) is 3.30. The summed E-state index contributed by atoms with van der Waals surface area (Å²) in [6, 6.07) is 18.2. The number of nitrogens with one attached hydrogen (secondary N) is 2. The van der Waals surface area contributed by atoms with Crippen LogP contribution in [-0.4, -0.2) is 18.0 Å². The number of aromatic amines is 2. The third kappa shape index (κ3) is 3.31. The molecule has 0 bridgehead atoms. The summed E-state index contributed by atoms with van der Waals surface area (Å²) >= 11 is 7.26. The molecule has 5 heteroatoms. The van der Waals surface area contributed by atoms with Gasteiger partial charge in [-0.05, 0) is 139 Å². The quantitative estimate of drug-likeness (QED) is 0.147. The highest BCUT2D eigenvalue weighted by atomic mass is 79.9. The van der Waals surface area contributed by atoms with E-state index in [0.29, 0.717) is 0 Å². The number of hydrogen-bond donors (Lipinski definition) is 2. The molecule has 0 atom stereocenters. The first kappa shape index (κ1) is 23.1. The van der Waals surface area contributed by atoms with Gasteiger partial charge in [0.2, 0.25) is 0 Å². The van der Waals surface area contributed by atoms with Gasteiger partial charge in [-0.15, -0.1) is 0 Å². The molecule has 0 fully saturated rings. The van der Waals surface area contributed by atoms with Gasteiger partial charge < -0.3 is 9.97 Å². The fourth-order valence-electron chi connectivity index (χ4n) is 6.56. The van der Waals surface area contributed by atoms with E-state index in [-0.39, 0.29) is 0 Å². The van der Waals surface area contributed by atoms with Crippen LogP contribution in [0.15, 0.2) is 57.7 Å². The number of halogens is 2. The first-order valence-electron chi connectivity index (χ1n) is 12.0. The van der Waals surface area contributed by atoms with Gasteiger partial charge in [-0.2, -0.15) is 0 Å². The van der Waals surface area contributed by atoms with Gasteiger partial charge in [0, 0.05) is 21.8 Å². The summed E-state index contributed by atoms with van der Waals surface area (Å²) in [6.07, 6.45) is 0. The van der Waals surface area contributed by atoms with Gasteiger partial charge in [0.15, 0.2) is 0 Å². The van der Waals surface area contributed by atoms with Crippen molar-refractivity contribution in [2.75, 3.05) is 0 Å². The lowest BCUT2D eigenvalue weighted by molar-refractivity contribution is 1.35. The van der Waals surface area contributed by atoms with Crippen LogP contribution in [0.1, 0.15) is 22.3 Å². The highest BCUT2D eigenvalue weighted by Gasteiger charge is 2.34. The van der Waals surface area contributed by atoms with E-state index in [9.17, 15) is 0 Å². The van der Waals surface area contributed by atoms with Crippen molar-refractivity contribution in [1.82, 2.24) is 9.97 Å². The molecule has 2 nitrogen and oxygen atoms in total. The standard InChI is InChI=1S/C30H28Br2N2Si/c1-15-11-21-17(3)19-7-9-27(31)33-25(19)13-23(21)29(15)35(5,6)30-16(2)12-22-18(4)20-8-10-28(32)34-26(20)14-24(22)30/h7-14,33-34H,1-6H3. The van der Waals surface area contributed by atoms with Crippen molar-refractivity contribution < 1.29 is 0 Å². The second kappa shape index (κ2) is 7.83. The van der Waals surface area contributed by atoms with Gasteiger partial charge in [-0.1, -0.05) is 36.4 Å². The molecule has 0 saturated carbocycles. The van der Waals surface area contributed by atoms with Crippen LogP contribution in [0.25, 0.3) is 43.4 Å². The molecule has 2 N–H and O–H groups in total. The Hall–Kier alpha value is -2.34. The molecule has 4 aromatic carbocycles. The first-order chi connectivity index (χ1) is 16.6. The summed E-state index contributed by atoms with van der Waals surface area (Å²) in [5, 5.41) is 11.3. The van der Waals surface area contributed by atoms with Crippen LogP contribution >= 0.6 is 31.9 Å². The fourth-order valence-corrected chi connectivity index (χ4v) is 11.4.